The van der Waals surface area contributed by atoms with Crippen LogP contribution in [0.25, 0.3) is 22.1 Å². The van der Waals surface area contributed by atoms with Gasteiger partial charge in [0.05, 0.1) is 24.7 Å². The minimum atomic E-state index is -0.321. The highest BCUT2D eigenvalue weighted by Gasteiger charge is 2.10. The minimum absolute atomic E-state index is 0.0389. The molecule has 0 atom stereocenters. The van der Waals surface area contributed by atoms with Gasteiger partial charge in [-0.05, 0) is 55.0 Å². The van der Waals surface area contributed by atoms with E-state index in [-0.39, 0.29) is 17.5 Å². The monoisotopic (exact) mass is 548 g/mol. The van der Waals surface area contributed by atoms with Gasteiger partial charge in [0.2, 0.25) is 0 Å². The highest BCUT2D eigenvalue weighted by Crippen LogP contribution is 2.25. The summed E-state index contributed by atoms with van der Waals surface area (Å²) in [6.07, 6.45) is 15.1. The number of ether oxygens (including phenoxy) is 2. The molecule has 3 rings (SSSR count). The molecule has 0 bridgehead atoms. The van der Waals surface area contributed by atoms with Crippen LogP contribution in [0, 0.1) is 5.92 Å². The quantitative estimate of drug-likeness (QED) is 0.0848. The second kappa shape index (κ2) is 17.6. The van der Waals surface area contributed by atoms with Crippen LogP contribution in [-0.4, -0.2) is 19.2 Å². The smallest absolute Gasteiger partial charge is 0.344 e. The Morgan fingerprint density at radius 1 is 0.775 bits per heavy atom. The van der Waals surface area contributed by atoms with Crippen LogP contribution in [0.15, 0.2) is 57.7 Å². The second-order valence-corrected chi connectivity index (χ2v) is 11.2. The maximum absolute atomic E-state index is 12.7. The van der Waals surface area contributed by atoms with E-state index in [4.69, 9.17) is 13.9 Å². The Morgan fingerprint density at radius 2 is 1.43 bits per heavy atom. The molecule has 2 aromatic carbocycles. The lowest BCUT2D eigenvalue weighted by atomic mass is 10.0. The molecule has 0 aliphatic heterocycles. The molecule has 0 N–H and O–H groups in total. The number of carbonyl (C=O) groups is 1. The average molecular weight is 549 g/mol. The van der Waals surface area contributed by atoms with Crippen molar-refractivity contribution in [3.8, 4) is 16.9 Å². The minimum Gasteiger partial charge on any atom is -0.493 e. The molecule has 0 saturated carbocycles. The van der Waals surface area contributed by atoms with E-state index >= 15 is 0 Å². The molecule has 0 saturated heterocycles. The summed E-state index contributed by atoms with van der Waals surface area (Å²) in [5.41, 5.74) is 3.02. The molecular formula is C35H48O5. The van der Waals surface area contributed by atoms with Crippen molar-refractivity contribution >= 4 is 16.9 Å². The molecular weight excluding hydrogens is 500 g/mol. The van der Waals surface area contributed by atoms with Crippen molar-refractivity contribution in [3.05, 3.63) is 64.5 Å². The third kappa shape index (κ3) is 10.8. The van der Waals surface area contributed by atoms with E-state index in [0.717, 1.165) is 48.8 Å². The number of hydrogen-bond donors (Lipinski definition) is 0. The molecule has 0 aliphatic carbocycles. The lowest BCUT2D eigenvalue weighted by Gasteiger charge is -2.08. The summed E-state index contributed by atoms with van der Waals surface area (Å²) in [7, 11) is 0. The summed E-state index contributed by atoms with van der Waals surface area (Å²) in [6.45, 7) is 7.15. The molecule has 0 fully saturated rings. The fraction of sp³-hybridized carbons (Fsp3) is 0.543. The Bertz CT molecular complexity index is 1210. The number of esters is 1. The molecule has 1 aromatic heterocycles. The van der Waals surface area contributed by atoms with Crippen LogP contribution < -0.4 is 10.4 Å². The van der Waals surface area contributed by atoms with Crippen LogP contribution in [0.2, 0.25) is 0 Å². The predicted octanol–water partition coefficient (Wildman–Crippen LogP) is 9.28. The third-order valence-corrected chi connectivity index (χ3v) is 7.31. The molecule has 0 radical (unpaired) electrons. The zero-order valence-corrected chi connectivity index (χ0v) is 24.8. The average Bonchev–Trinajstić information content (AvgIpc) is 2.95. The first kappa shape index (κ1) is 31.4. The van der Waals surface area contributed by atoms with E-state index in [9.17, 15) is 9.59 Å². The first-order valence-electron chi connectivity index (χ1n) is 15.4. The molecule has 218 valence electrons. The van der Waals surface area contributed by atoms with Crippen molar-refractivity contribution in [1.82, 2.24) is 0 Å². The molecule has 40 heavy (non-hydrogen) atoms. The van der Waals surface area contributed by atoms with Gasteiger partial charge < -0.3 is 13.9 Å². The van der Waals surface area contributed by atoms with Crippen LogP contribution in [0.3, 0.4) is 0 Å². The number of rotatable bonds is 19. The summed E-state index contributed by atoms with van der Waals surface area (Å²) in [6, 6.07) is 15.9. The molecule has 0 spiro atoms. The van der Waals surface area contributed by atoms with Crippen LogP contribution in [-0.2, 0) is 16.0 Å². The van der Waals surface area contributed by atoms with Crippen molar-refractivity contribution in [2.75, 3.05) is 13.2 Å². The SMILES string of the molecule is CCCCCc1ccc(-c2cc3ccc(OCCCCCCCCCCCOC(=O)C(C)C)cc3oc2=O)cc1. The first-order chi connectivity index (χ1) is 19.5. The number of fused-ring (bicyclic) bond motifs is 1. The standard InChI is InChI=1S/C35H48O5/c1-4-5-13-16-28-17-19-29(20-18-28)32-25-30-21-22-31(26-33(30)40-35(32)37)38-23-14-11-9-7-6-8-10-12-15-24-39-34(36)27(2)3/h17-22,25-27H,4-16,23-24H2,1-3H3. The van der Waals surface area contributed by atoms with E-state index < -0.39 is 0 Å². The number of unbranched alkanes of at least 4 members (excludes halogenated alkanes) is 10. The van der Waals surface area contributed by atoms with E-state index in [0.29, 0.717) is 24.4 Å². The van der Waals surface area contributed by atoms with Gasteiger partial charge in [-0.25, -0.2) is 4.79 Å². The number of carbonyl (C=O) groups excluding carboxylic acids is 1. The molecule has 3 aromatic rings. The summed E-state index contributed by atoms with van der Waals surface area (Å²) >= 11 is 0. The molecule has 0 aliphatic rings. The Morgan fingerprint density at radius 3 is 2.08 bits per heavy atom. The van der Waals surface area contributed by atoms with Crippen molar-refractivity contribution < 1.29 is 18.7 Å². The fourth-order valence-electron chi connectivity index (χ4n) is 4.78. The molecule has 1 heterocycles. The number of hydrogen-bond acceptors (Lipinski definition) is 5. The van der Waals surface area contributed by atoms with Crippen LogP contribution in [0.1, 0.15) is 103 Å². The van der Waals surface area contributed by atoms with Gasteiger partial charge in [-0.2, -0.15) is 0 Å². The Labute approximate surface area is 240 Å². The normalized spacial score (nSPS) is 11.3. The zero-order chi connectivity index (χ0) is 28.6. The fourth-order valence-corrected chi connectivity index (χ4v) is 4.78. The van der Waals surface area contributed by atoms with Gasteiger partial charge in [-0.3, -0.25) is 4.79 Å². The summed E-state index contributed by atoms with van der Waals surface area (Å²) < 4.78 is 16.8. The second-order valence-electron chi connectivity index (χ2n) is 11.2. The van der Waals surface area contributed by atoms with Crippen LogP contribution >= 0.6 is 0 Å². The highest BCUT2D eigenvalue weighted by molar-refractivity contribution is 5.82. The Hall–Kier alpha value is -3.08. The Balaban J connectivity index is 1.32. The van der Waals surface area contributed by atoms with Crippen molar-refractivity contribution in [3.63, 3.8) is 0 Å². The van der Waals surface area contributed by atoms with E-state index in [1.54, 1.807) is 0 Å². The van der Waals surface area contributed by atoms with Gasteiger partial charge in [-0.15, -0.1) is 0 Å². The van der Waals surface area contributed by atoms with Crippen molar-refractivity contribution in [2.45, 2.75) is 104 Å². The highest BCUT2D eigenvalue weighted by atomic mass is 16.5. The van der Waals surface area contributed by atoms with Gasteiger partial charge in [0.25, 0.3) is 0 Å². The van der Waals surface area contributed by atoms with E-state index in [1.807, 2.05) is 50.2 Å². The lowest BCUT2D eigenvalue weighted by molar-refractivity contribution is -0.147. The summed E-state index contributed by atoms with van der Waals surface area (Å²) in [5, 5.41) is 0.894. The van der Waals surface area contributed by atoms with Gasteiger partial charge in [0, 0.05) is 11.5 Å². The van der Waals surface area contributed by atoms with Gasteiger partial charge >= 0.3 is 11.6 Å². The first-order valence-corrected chi connectivity index (χ1v) is 15.4. The maximum atomic E-state index is 12.7. The molecule has 5 nitrogen and oxygen atoms in total. The van der Waals surface area contributed by atoms with Crippen LogP contribution in [0.5, 0.6) is 5.75 Å². The number of aryl methyl sites for hydroxylation is 1. The lowest BCUT2D eigenvalue weighted by Crippen LogP contribution is -2.12. The van der Waals surface area contributed by atoms with E-state index in [1.165, 1.54) is 56.9 Å². The van der Waals surface area contributed by atoms with Crippen LogP contribution in [0.4, 0.5) is 0 Å². The topological polar surface area (TPSA) is 65.7 Å². The largest absolute Gasteiger partial charge is 0.493 e. The summed E-state index contributed by atoms with van der Waals surface area (Å²) in [4.78, 5) is 24.1. The molecule has 5 heteroatoms. The third-order valence-electron chi connectivity index (χ3n) is 7.31. The predicted molar refractivity (Wildman–Crippen MR) is 164 cm³/mol. The van der Waals surface area contributed by atoms with E-state index in [2.05, 4.69) is 19.1 Å². The maximum Gasteiger partial charge on any atom is 0.344 e. The number of benzene rings is 2. The van der Waals surface area contributed by atoms with Crippen molar-refractivity contribution in [1.29, 1.82) is 0 Å². The van der Waals surface area contributed by atoms with Gasteiger partial charge in [-0.1, -0.05) is 103 Å². The van der Waals surface area contributed by atoms with Crippen molar-refractivity contribution in [2.24, 2.45) is 5.92 Å². The molecule has 0 unspecified atom stereocenters. The zero-order valence-electron chi connectivity index (χ0n) is 24.8. The Kier molecular flexibility index (Phi) is 13.8. The van der Waals surface area contributed by atoms with Gasteiger partial charge in [0.1, 0.15) is 11.3 Å². The molecule has 0 amide bonds. The van der Waals surface area contributed by atoms with Gasteiger partial charge in [0.15, 0.2) is 0 Å². The summed E-state index contributed by atoms with van der Waals surface area (Å²) in [5.74, 6) is 0.599.